The maximum atomic E-state index is 12.9. The first-order chi connectivity index (χ1) is 11.5. The Labute approximate surface area is 160 Å². The molecule has 0 aromatic heterocycles. The van der Waals surface area contributed by atoms with Gasteiger partial charge in [0.25, 0.3) is 0 Å². The van der Waals surface area contributed by atoms with Crippen LogP contribution < -0.4 is 5.43 Å². The number of carbonyl (C=O) groups excluding carboxylic acids is 2. The summed E-state index contributed by atoms with van der Waals surface area (Å²) in [6.07, 6.45) is 2.47. The van der Waals surface area contributed by atoms with Gasteiger partial charge in [-0.15, -0.1) is 0 Å². The second-order valence-corrected chi connectivity index (χ2v) is 9.96. The van der Waals surface area contributed by atoms with E-state index in [1.807, 2.05) is 27.7 Å². The molecule has 7 heteroatoms. The minimum Gasteiger partial charge on any atom is -0.274 e. The number of imide groups is 1. The number of fused-ring (bicyclic) bond motifs is 2. The van der Waals surface area contributed by atoms with E-state index in [1.165, 1.54) is 16.7 Å². The highest BCUT2D eigenvalue weighted by atomic mass is 32.2. The Morgan fingerprint density at radius 1 is 1.40 bits per heavy atom. The van der Waals surface area contributed by atoms with Gasteiger partial charge in [0.15, 0.2) is 4.32 Å². The van der Waals surface area contributed by atoms with Crippen molar-refractivity contribution in [2.24, 2.45) is 27.8 Å². The number of thiocarbonyl (C=S) groups is 1. The van der Waals surface area contributed by atoms with Gasteiger partial charge in [0.1, 0.15) is 0 Å². The van der Waals surface area contributed by atoms with Gasteiger partial charge in [-0.05, 0) is 37.5 Å². The van der Waals surface area contributed by atoms with E-state index in [0.29, 0.717) is 10.2 Å². The molecule has 140 valence electrons. The Bertz CT molecular complexity index is 615. The van der Waals surface area contributed by atoms with Crippen molar-refractivity contribution in [3.8, 4) is 0 Å². The molecular weight excluding hydrogens is 354 g/mol. The summed E-state index contributed by atoms with van der Waals surface area (Å²) in [6, 6.07) is 0. The fourth-order valence-corrected chi connectivity index (χ4v) is 4.76. The summed E-state index contributed by atoms with van der Waals surface area (Å²) in [5, 5.41) is 4.26. The molecule has 1 aliphatic heterocycles. The van der Waals surface area contributed by atoms with Crippen molar-refractivity contribution in [3.63, 3.8) is 0 Å². The second kappa shape index (κ2) is 7.35. The minimum absolute atomic E-state index is 0.0558. The molecule has 0 aromatic rings. The van der Waals surface area contributed by atoms with Crippen LogP contribution in [-0.2, 0) is 9.59 Å². The number of hydrogen-bond acceptors (Lipinski definition) is 5. The van der Waals surface area contributed by atoms with E-state index < -0.39 is 5.41 Å². The van der Waals surface area contributed by atoms with E-state index in [1.54, 1.807) is 0 Å². The molecule has 2 fully saturated rings. The molecule has 1 N–H and O–H groups in total. The summed E-state index contributed by atoms with van der Waals surface area (Å²) in [7, 11) is 0. The van der Waals surface area contributed by atoms with E-state index in [0.717, 1.165) is 25.0 Å². The number of piperidine rings is 1. The fourth-order valence-electron chi connectivity index (χ4n) is 3.96. The Balaban J connectivity index is 1.97. The van der Waals surface area contributed by atoms with Crippen LogP contribution in [0.25, 0.3) is 0 Å². The molecule has 0 aromatic carbocycles. The van der Waals surface area contributed by atoms with Gasteiger partial charge in [-0.25, -0.2) is 0 Å². The van der Waals surface area contributed by atoms with Crippen molar-refractivity contribution in [2.75, 3.05) is 5.88 Å². The highest BCUT2D eigenvalue weighted by molar-refractivity contribution is 8.22. The molecular formula is C18H29N3O2S2. The molecule has 2 rings (SSSR count). The summed E-state index contributed by atoms with van der Waals surface area (Å²) < 4.78 is 0.478. The first kappa shape index (κ1) is 20.4. The van der Waals surface area contributed by atoms with Gasteiger partial charge in [-0.3, -0.25) is 19.9 Å². The van der Waals surface area contributed by atoms with Crippen LogP contribution in [0.5, 0.6) is 0 Å². The van der Waals surface area contributed by atoms with Crippen molar-refractivity contribution in [2.45, 2.75) is 60.8 Å². The Morgan fingerprint density at radius 3 is 2.64 bits per heavy atom. The van der Waals surface area contributed by atoms with Crippen LogP contribution in [0.2, 0.25) is 0 Å². The molecule has 0 spiro atoms. The zero-order valence-electron chi connectivity index (χ0n) is 16.0. The largest absolute Gasteiger partial charge is 0.274 e. The van der Waals surface area contributed by atoms with Gasteiger partial charge in [0.05, 0.1) is 11.3 Å². The van der Waals surface area contributed by atoms with Crippen LogP contribution in [0.3, 0.4) is 0 Å². The average Bonchev–Trinajstić information content (AvgIpc) is 2.69. The Kier molecular flexibility index (Phi) is 5.99. The summed E-state index contributed by atoms with van der Waals surface area (Å²) in [5.41, 5.74) is 3.09. The molecule has 2 aliphatic rings. The molecule has 1 heterocycles. The van der Waals surface area contributed by atoms with Crippen LogP contribution in [-0.4, -0.2) is 32.6 Å². The molecule has 2 unspecified atom stereocenters. The number of likely N-dealkylation sites (tertiary alicyclic amines) is 1. The van der Waals surface area contributed by atoms with Crippen molar-refractivity contribution in [1.82, 2.24) is 10.3 Å². The monoisotopic (exact) mass is 383 g/mol. The topological polar surface area (TPSA) is 61.8 Å². The number of hydrogen-bond donors (Lipinski definition) is 1. The van der Waals surface area contributed by atoms with E-state index >= 15 is 0 Å². The van der Waals surface area contributed by atoms with Crippen molar-refractivity contribution in [1.29, 1.82) is 0 Å². The van der Waals surface area contributed by atoms with E-state index in [-0.39, 0.29) is 29.0 Å². The number of amides is 2. The van der Waals surface area contributed by atoms with Crippen LogP contribution in [0, 0.1) is 22.7 Å². The fraction of sp³-hybridized carbons (Fsp3) is 0.778. The van der Waals surface area contributed by atoms with E-state index in [9.17, 15) is 9.59 Å². The minimum atomic E-state index is -0.465. The van der Waals surface area contributed by atoms with Crippen LogP contribution in [0.1, 0.15) is 60.8 Å². The summed E-state index contributed by atoms with van der Waals surface area (Å²) in [5.74, 6) is 0.592. The normalized spacial score (nSPS) is 28.7. The lowest BCUT2D eigenvalue weighted by atomic mass is 9.62. The molecule has 2 bridgehead atoms. The molecule has 2 amide bonds. The highest BCUT2D eigenvalue weighted by Crippen LogP contribution is 2.60. The summed E-state index contributed by atoms with van der Waals surface area (Å²) >= 11 is 6.55. The average molecular weight is 384 g/mol. The zero-order valence-corrected chi connectivity index (χ0v) is 17.6. The maximum absolute atomic E-state index is 12.9. The molecule has 25 heavy (non-hydrogen) atoms. The number of nitrogens with zero attached hydrogens (tertiary/aromatic N) is 2. The highest BCUT2D eigenvalue weighted by Gasteiger charge is 2.64. The third kappa shape index (κ3) is 3.77. The summed E-state index contributed by atoms with van der Waals surface area (Å²) in [4.78, 5) is 27.1. The standard InChI is InChI=1S/C18H29N3O2S2/c1-11(2)9-12(3)19-20-16(24)25-10-21-14(22)13-7-8-18(6,15(21)23)17(13,4)5/h11,13H,7-10H2,1-6H3,(H,20,24)/b19-12-. The van der Waals surface area contributed by atoms with Crippen LogP contribution in [0.15, 0.2) is 5.10 Å². The van der Waals surface area contributed by atoms with Crippen LogP contribution in [0.4, 0.5) is 0 Å². The number of rotatable bonds is 5. The summed E-state index contributed by atoms with van der Waals surface area (Å²) in [6.45, 7) is 12.3. The third-order valence-electron chi connectivity index (χ3n) is 5.87. The lowest BCUT2D eigenvalue weighted by Gasteiger charge is -2.47. The second-order valence-electron chi connectivity index (χ2n) is 8.33. The lowest BCUT2D eigenvalue weighted by molar-refractivity contribution is -0.166. The number of carbonyl (C=O) groups is 2. The first-order valence-electron chi connectivity index (χ1n) is 8.82. The third-order valence-corrected chi connectivity index (χ3v) is 7.06. The van der Waals surface area contributed by atoms with Crippen molar-refractivity contribution in [3.05, 3.63) is 0 Å². The van der Waals surface area contributed by atoms with E-state index in [4.69, 9.17) is 12.2 Å². The first-order valence-corrected chi connectivity index (χ1v) is 10.2. The predicted molar refractivity (Wildman–Crippen MR) is 107 cm³/mol. The number of hydrazone groups is 1. The maximum Gasteiger partial charge on any atom is 0.236 e. The SMILES string of the molecule is C/C(CC(C)C)=N/NC(=S)SCN1C(=O)C2CCC(C)(C1=O)C2(C)C. The molecule has 1 saturated carbocycles. The Morgan fingerprint density at radius 2 is 2.04 bits per heavy atom. The lowest BCUT2D eigenvalue weighted by Crippen LogP contribution is -2.58. The smallest absolute Gasteiger partial charge is 0.236 e. The van der Waals surface area contributed by atoms with E-state index in [2.05, 4.69) is 24.4 Å². The van der Waals surface area contributed by atoms with Crippen LogP contribution >= 0.6 is 24.0 Å². The zero-order chi connectivity index (χ0) is 19.0. The molecule has 5 nitrogen and oxygen atoms in total. The quantitative estimate of drug-likeness (QED) is 0.339. The van der Waals surface area contributed by atoms with Gasteiger partial charge in [0, 0.05) is 11.6 Å². The molecule has 0 radical (unpaired) electrons. The van der Waals surface area contributed by atoms with Gasteiger partial charge in [-0.2, -0.15) is 5.10 Å². The molecule has 2 atom stereocenters. The van der Waals surface area contributed by atoms with Gasteiger partial charge < -0.3 is 0 Å². The number of nitrogens with one attached hydrogen (secondary N) is 1. The van der Waals surface area contributed by atoms with Crippen molar-refractivity contribution >= 4 is 45.8 Å². The molecule has 1 saturated heterocycles. The van der Waals surface area contributed by atoms with Crippen molar-refractivity contribution < 1.29 is 9.59 Å². The predicted octanol–water partition coefficient (Wildman–Crippen LogP) is 3.78. The number of thioether (sulfide) groups is 1. The van der Waals surface area contributed by atoms with Gasteiger partial charge >= 0.3 is 0 Å². The Hall–Kier alpha value is -0.950. The van der Waals surface area contributed by atoms with Gasteiger partial charge in [0.2, 0.25) is 11.8 Å². The molecule has 1 aliphatic carbocycles. The van der Waals surface area contributed by atoms with Gasteiger partial charge in [-0.1, -0.05) is 58.6 Å².